The van der Waals surface area contributed by atoms with Gasteiger partial charge in [-0.25, -0.2) is 0 Å². The van der Waals surface area contributed by atoms with Crippen LogP contribution in [0.5, 0.6) is 0 Å². The summed E-state index contributed by atoms with van der Waals surface area (Å²) in [5.41, 5.74) is 2.77. The number of carbonyl (C=O) groups is 5. The standard InChI is InChI=1S/C24H31N3O3.C19H26N2O2.C5H7NO2.C4H10O3/c1-16-19(13-22(28)25-16)26-11-10-18(15-26)27-20(12-17-8-6-5-7-9-17)21(14-23(27)29)30-24(2,3)4;1-19(2,3)23-17-12-18(22)21(15-9-10-20-13-15)16(17)11-14-7-5-4-6-8-14;1-3-4(7)2-5(8)6-3;1-5-4(6-2)7-3/h5-9,13-14,16,18,20H,10-12,15H2,1-4H3,(H,25,28);4-8,12,15-16,20H,9-11,13H2,1-3H3;3H,2H2,1H3,(H,6,8);4H,1-3H3/t16-,18-,20-;15-,16-;3-;/m000./s1. The molecule has 0 aliphatic carbocycles. The molecule has 0 saturated carbocycles. The molecule has 6 aliphatic rings. The van der Waals surface area contributed by atoms with Crippen molar-refractivity contribution < 1.29 is 47.7 Å². The summed E-state index contributed by atoms with van der Waals surface area (Å²) in [6, 6.07) is 20.6. The average molecular weight is 943 g/mol. The zero-order valence-corrected chi connectivity index (χ0v) is 41.8. The zero-order chi connectivity index (χ0) is 49.8. The highest BCUT2D eigenvalue weighted by Crippen LogP contribution is 2.34. The first-order chi connectivity index (χ1) is 32.2. The van der Waals surface area contributed by atoms with Gasteiger partial charge in [-0.15, -0.1) is 0 Å². The molecule has 16 heteroatoms. The number of ketones is 1. The van der Waals surface area contributed by atoms with Crippen LogP contribution in [0, 0.1) is 0 Å². The molecule has 6 atom stereocenters. The van der Waals surface area contributed by atoms with E-state index in [4.69, 9.17) is 9.47 Å². The van der Waals surface area contributed by atoms with Crippen LogP contribution >= 0.6 is 0 Å². The van der Waals surface area contributed by atoms with E-state index < -0.39 is 6.48 Å². The van der Waals surface area contributed by atoms with Crippen molar-refractivity contribution in [2.75, 3.05) is 47.5 Å². The number of benzene rings is 2. The fourth-order valence-corrected chi connectivity index (χ4v) is 9.02. The van der Waals surface area contributed by atoms with Gasteiger partial charge in [0.15, 0.2) is 5.78 Å². The van der Waals surface area contributed by atoms with Crippen LogP contribution in [0.3, 0.4) is 0 Å². The predicted octanol–water partition coefficient (Wildman–Crippen LogP) is 4.79. The van der Waals surface area contributed by atoms with Crippen molar-refractivity contribution in [3.05, 3.63) is 107 Å². The van der Waals surface area contributed by atoms with Gasteiger partial charge in [-0.05, 0) is 85.9 Å². The molecular formula is C52H74N6O10. The maximum Gasteiger partial charge on any atom is 0.270 e. The molecule has 372 valence electrons. The number of Topliss-reactive ketones (excluding diaryl/α,β-unsaturated/α-hetero) is 1. The third-order valence-corrected chi connectivity index (χ3v) is 12.0. The van der Waals surface area contributed by atoms with Crippen LogP contribution in [0.15, 0.2) is 96.1 Å². The first-order valence-electron chi connectivity index (χ1n) is 23.6. The molecule has 0 spiro atoms. The summed E-state index contributed by atoms with van der Waals surface area (Å²) in [5, 5.41) is 8.76. The molecule has 0 unspecified atom stereocenters. The minimum absolute atomic E-state index is 0.00463. The maximum absolute atomic E-state index is 13.1. The number of rotatable bonds is 12. The average Bonchev–Trinajstić information content (AvgIpc) is 4.15. The van der Waals surface area contributed by atoms with E-state index in [1.807, 2.05) is 94.7 Å². The Kier molecular flexibility index (Phi) is 19.0. The fourth-order valence-electron chi connectivity index (χ4n) is 9.02. The van der Waals surface area contributed by atoms with Gasteiger partial charge in [0.1, 0.15) is 22.7 Å². The van der Waals surface area contributed by atoms with Gasteiger partial charge in [-0.2, -0.15) is 0 Å². The minimum Gasteiger partial charge on any atom is -0.490 e. The summed E-state index contributed by atoms with van der Waals surface area (Å²) < 4.78 is 26.2. The Morgan fingerprint density at radius 1 is 0.647 bits per heavy atom. The van der Waals surface area contributed by atoms with Gasteiger partial charge >= 0.3 is 0 Å². The van der Waals surface area contributed by atoms with Crippen molar-refractivity contribution >= 4 is 29.4 Å². The molecule has 8 rings (SSSR count). The molecule has 6 aliphatic heterocycles. The van der Waals surface area contributed by atoms with Crippen molar-refractivity contribution in [2.24, 2.45) is 0 Å². The number of methoxy groups -OCH3 is 3. The Bertz CT molecular complexity index is 2120. The van der Waals surface area contributed by atoms with Crippen LogP contribution in [-0.2, 0) is 60.5 Å². The molecule has 6 heterocycles. The Balaban J connectivity index is 0.000000199. The Hall–Kier alpha value is -5.55. The number of nitrogens with zero attached hydrogens (tertiary/aromatic N) is 3. The second kappa shape index (κ2) is 24.1. The molecule has 3 fully saturated rings. The number of carbonyl (C=O) groups excluding carboxylic acids is 5. The van der Waals surface area contributed by atoms with Gasteiger partial charge in [0.05, 0.1) is 36.6 Å². The van der Waals surface area contributed by atoms with E-state index in [0.29, 0.717) is 0 Å². The summed E-state index contributed by atoms with van der Waals surface area (Å²) in [6.07, 6.45) is 8.53. The number of nitrogens with one attached hydrogen (secondary N) is 3. The smallest absolute Gasteiger partial charge is 0.270 e. The molecule has 0 aromatic heterocycles. The van der Waals surface area contributed by atoms with E-state index in [2.05, 4.69) is 59.3 Å². The van der Waals surface area contributed by atoms with E-state index in [0.717, 1.165) is 69.1 Å². The number of likely N-dealkylation sites (tertiary alicyclic amines) is 1. The number of hydrogen-bond donors (Lipinski definition) is 3. The Labute approximate surface area is 402 Å². The van der Waals surface area contributed by atoms with Gasteiger partial charge < -0.3 is 54.3 Å². The highest BCUT2D eigenvalue weighted by atomic mass is 16.8. The second-order valence-corrected chi connectivity index (χ2v) is 19.7. The molecule has 68 heavy (non-hydrogen) atoms. The zero-order valence-electron chi connectivity index (χ0n) is 41.8. The second-order valence-electron chi connectivity index (χ2n) is 19.7. The van der Waals surface area contributed by atoms with E-state index >= 15 is 0 Å². The van der Waals surface area contributed by atoms with Gasteiger partial charge in [0.25, 0.3) is 18.3 Å². The lowest BCUT2D eigenvalue weighted by molar-refractivity contribution is -0.252. The van der Waals surface area contributed by atoms with E-state index in [-0.39, 0.29) is 83.3 Å². The topological polar surface area (TPSA) is 177 Å². The summed E-state index contributed by atoms with van der Waals surface area (Å²) in [5.74, 6) is 1.46. The van der Waals surface area contributed by atoms with Crippen molar-refractivity contribution in [1.82, 2.24) is 30.7 Å². The van der Waals surface area contributed by atoms with Crippen molar-refractivity contribution in [3.63, 3.8) is 0 Å². The van der Waals surface area contributed by atoms with Crippen molar-refractivity contribution in [1.29, 1.82) is 0 Å². The number of hydrogen-bond acceptors (Lipinski definition) is 12. The van der Waals surface area contributed by atoms with Crippen LogP contribution in [0.4, 0.5) is 0 Å². The Morgan fingerprint density at radius 2 is 1.15 bits per heavy atom. The monoisotopic (exact) mass is 943 g/mol. The fraction of sp³-hybridized carbons (Fsp3) is 0.558. The first-order valence-corrected chi connectivity index (χ1v) is 23.6. The highest BCUT2D eigenvalue weighted by Gasteiger charge is 2.44. The van der Waals surface area contributed by atoms with Crippen molar-refractivity contribution in [3.8, 4) is 0 Å². The number of amides is 4. The van der Waals surface area contributed by atoms with Crippen LogP contribution in [0.25, 0.3) is 0 Å². The van der Waals surface area contributed by atoms with Gasteiger partial charge in [-0.3, -0.25) is 24.0 Å². The number of ether oxygens (including phenoxy) is 5. The summed E-state index contributed by atoms with van der Waals surface area (Å²) in [6.45, 7) is 18.7. The molecule has 3 saturated heterocycles. The molecule has 2 aromatic carbocycles. The Morgan fingerprint density at radius 3 is 1.50 bits per heavy atom. The van der Waals surface area contributed by atoms with Crippen LogP contribution in [-0.4, -0.2) is 146 Å². The first kappa shape index (κ1) is 53.4. The molecule has 4 amide bonds. The molecule has 2 aromatic rings. The lowest BCUT2D eigenvalue weighted by Crippen LogP contribution is -2.46. The lowest BCUT2D eigenvalue weighted by Gasteiger charge is -2.34. The normalized spacial score (nSPS) is 24.6. The molecule has 3 N–H and O–H groups in total. The summed E-state index contributed by atoms with van der Waals surface area (Å²) in [4.78, 5) is 64.5. The van der Waals surface area contributed by atoms with Gasteiger partial charge in [0, 0.05) is 83.8 Å². The third kappa shape index (κ3) is 15.2. The van der Waals surface area contributed by atoms with Crippen LogP contribution in [0.2, 0.25) is 0 Å². The van der Waals surface area contributed by atoms with Crippen molar-refractivity contribution in [2.45, 2.75) is 141 Å². The largest absolute Gasteiger partial charge is 0.490 e. The molecule has 16 nitrogen and oxygen atoms in total. The maximum atomic E-state index is 13.1. The molecule has 0 bridgehead atoms. The van der Waals surface area contributed by atoms with Crippen LogP contribution < -0.4 is 16.0 Å². The van der Waals surface area contributed by atoms with E-state index in [1.54, 1.807) is 25.2 Å². The predicted molar refractivity (Wildman–Crippen MR) is 258 cm³/mol. The summed E-state index contributed by atoms with van der Waals surface area (Å²) >= 11 is 0. The minimum atomic E-state index is -0.514. The summed E-state index contributed by atoms with van der Waals surface area (Å²) in [7, 11) is 4.53. The lowest BCUT2D eigenvalue weighted by atomic mass is 10.0. The molecular weight excluding hydrogens is 869 g/mol. The van der Waals surface area contributed by atoms with Gasteiger partial charge in [-0.1, -0.05) is 60.7 Å². The molecule has 0 radical (unpaired) electrons. The van der Waals surface area contributed by atoms with Gasteiger partial charge in [0.2, 0.25) is 11.8 Å². The van der Waals surface area contributed by atoms with E-state index in [9.17, 15) is 24.0 Å². The highest BCUT2D eigenvalue weighted by molar-refractivity contribution is 6.07. The van der Waals surface area contributed by atoms with Crippen LogP contribution in [0.1, 0.15) is 85.8 Å². The quantitative estimate of drug-likeness (QED) is 0.196. The third-order valence-electron chi connectivity index (χ3n) is 12.0. The van der Waals surface area contributed by atoms with E-state index in [1.165, 1.54) is 32.5 Å². The SMILES string of the molecule is CC(C)(C)OC1=CC(=O)N([C@H]2CCNC2)[C@H]1Cc1ccccc1.COC(OC)OC.C[C@@H]1NC(=O)C=C1N1CC[C@H](N2C(=O)C=C(OC(C)(C)C)[C@@H]2Cc2ccccc2)C1.C[C@@H]1NC(=O)CC1=O.